The average Bonchev–Trinajstić information content (AvgIpc) is 4.28. The summed E-state index contributed by atoms with van der Waals surface area (Å²) in [6.07, 6.45) is 8.92. The number of pyridine rings is 2. The van der Waals surface area contributed by atoms with Crippen LogP contribution in [0.4, 0.5) is 63.8 Å². The van der Waals surface area contributed by atoms with Crippen molar-refractivity contribution in [2.75, 3.05) is 70.5 Å². The van der Waals surface area contributed by atoms with Crippen molar-refractivity contribution in [2.24, 2.45) is 37.8 Å². The highest BCUT2D eigenvalue weighted by Gasteiger charge is 2.43. The third-order valence-electron chi connectivity index (χ3n) is 15.5. The highest BCUT2D eigenvalue weighted by atomic mass is 35.5. The minimum Gasteiger partial charge on any atom is -0.486 e. The van der Waals surface area contributed by atoms with E-state index in [4.69, 9.17) is 32.7 Å². The first kappa shape index (κ1) is 49.9. The normalized spacial score (nSPS) is 23.1. The molecular formula is C52H58Cl2F4N12O4. The number of hydrogen-bond donors (Lipinski definition) is 4. The number of anilines is 8. The highest BCUT2D eigenvalue weighted by molar-refractivity contribution is 6.33. The summed E-state index contributed by atoms with van der Waals surface area (Å²) >= 11 is 12.8. The van der Waals surface area contributed by atoms with Crippen LogP contribution in [0.5, 0.6) is 11.5 Å². The Morgan fingerprint density at radius 2 is 1.04 bits per heavy atom. The third-order valence-corrected chi connectivity index (χ3v) is 16.1. The van der Waals surface area contributed by atoms with E-state index in [2.05, 4.69) is 41.2 Å². The van der Waals surface area contributed by atoms with Crippen LogP contribution in [0.25, 0.3) is 21.8 Å². The maximum Gasteiger partial charge on any atom is 0.295 e. The number of nitrogens with zero attached hydrogens (tertiary/aromatic N) is 8. The molecule has 0 radical (unpaired) electrons. The lowest BCUT2D eigenvalue weighted by Gasteiger charge is -2.36. The van der Waals surface area contributed by atoms with Gasteiger partial charge in [-0.25, -0.2) is 27.5 Å². The summed E-state index contributed by atoms with van der Waals surface area (Å²) in [6, 6.07) is 11.9. The molecular weight excluding hydrogens is 1000 g/mol. The number of alkyl halides is 4. The van der Waals surface area contributed by atoms with Crippen molar-refractivity contribution in [1.82, 2.24) is 29.1 Å². The molecule has 4 aromatic heterocycles. The largest absolute Gasteiger partial charge is 0.486 e. The lowest BCUT2D eigenvalue weighted by Crippen LogP contribution is -2.46. The number of halogens is 6. The van der Waals surface area contributed by atoms with Crippen molar-refractivity contribution in [3.05, 3.63) is 79.5 Å². The van der Waals surface area contributed by atoms with E-state index in [1.165, 1.54) is 51.9 Å². The lowest BCUT2D eigenvalue weighted by molar-refractivity contribution is -0.0657. The summed E-state index contributed by atoms with van der Waals surface area (Å²) in [5.41, 5.74) is 4.08. The number of ether oxygens (including phenoxy) is 2. The van der Waals surface area contributed by atoms with Crippen molar-refractivity contribution in [1.29, 1.82) is 0 Å². The quantitative estimate of drug-likeness (QED) is 0.106. The van der Waals surface area contributed by atoms with E-state index in [0.29, 0.717) is 92.9 Å². The summed E-state index contributed by atoms with van der Waals surface area (Å²) < 4.78 is 71.0. The van der Waals surface area contributed by atoms with Gasteiger partial charge in [-0.1, -0.05) is 37.0 Å². The van der Waals surface area contributed by atoms with Crippen molar-refractivity contribution in [2.45, 2.75) is 89.1 Å². The van der Waals surface area contributed by atoms with Crippen molar-refractivity contribution < 1.29 is 27.0 Å². The predicted molar refractivity (Wildman–Crippen MR) is 281 cm³/mol. The minimum absolute atomic E-state index is 0.165. The summed E-state index contributed by atoms with van der Waals surface area (Å²) in [5.74, 6) is -3.62. The molecule has 2 saturated heterocycles. The van der Waals surface area contributed by atoms with Crippen LogP contribution in [0.2, 0.25) is 10.0 Å². The number of fused-ring (bicyclic) bond motifs is 6. The molecule has 8 heterocycles. The number of rotatable bonds is 8. The summed E-state index contributed by atoms with van der Waals surface area (Å²) in [6.45, 7) is 4.75. The molecule has 0 spiro atoms. The molecule has 6 aliphatic rings. The van der Waals surface area contributed by atoms with Crippen LogP contribution in [-0.2, 0) is 14.1 Å². The zero-order valence-electron chi connectivity index (χ0n) is 41.5. The van der Waals surface area contributed by atoms with Crippen LogP contribution in [-0.4, -0.2) is 92.4 Å². The first-order chi connectivity index (χ1) is 35.4. The number of hydrogen-bond acceptors (Lipinski definition) is 14. The molecule has 4 aliphatic heterocycles. The Balaban J connectivity index is 0.000000159. The van der Waals surface area contributed by atoms with E-state index in [-0.39, 0.29) is 62.2 Å². The zero-order chi connectivity index (χ0) is 51.8. The molecule has 22 heteroatoms. The molecule has 12 rings (SSSR count). The fourth-order valence-electron chi connectivity index (χ4n) is 10.5. The fraction of sp³-hybridized carbons (Fsp3) is 0.500. The molecule has 6 aromatic rings. The van der Waals surface area contributed by atoms with Gasteiger partial charge in [0, 0.05) is 112 Å². The monoisotopic (exact) mass is 1060 g/mol. The molecule has 4 atom stereocenters. The second kappa shape index (κ2) is 19.5. The van der Waals surface area contributed by atoms with Crippen LogP contribution < -0.4 is 51.7 Å². The van der Waals surface area contributed by atoms with E-state index >= 15 is 0 Å². The van der Waals surface area contributed by atoms with E-state index < -0.39 is 23.7 Å². The fourth-order valence-corrected chi connectivity index (χ4v) is 10.8. The summed E-state index contributed by atoms with van der Waals surface area (Å²) in [5, 5.41) is 16.1. The first-order valence-corrected chi connectivity index (χ1v) is 26.1. The third kappa shape index (κ3) is 9.79. The van der Waals surface area contributed by atoms with Gasteiger partial charge in [-0.2, -0.15) is 9.97 Å². The predicted octanol–water partition coefficient (Wildman–Crippen LogP) is 10.4. The van der Waals surface area contributed by atoms with Gasteiger partial charge < -0.3 is 49.7 Å². The first-order valence-electron chi connectivity index (χ1n) is 25.4. The van der Waals surface area contributed by atoms with Crippen LogP contribution in [0, 0.1) is 23.7 Å². The van der Waals surface area contributed by atoms with E-state index in [1.807, 2.05) is 36.4 Å². The molecule has 0 amide bonds. The molecule has 74 heavy (non-hydrogen) atoms. The lowest BCUT2D eigenvalue weighted by atomic mass is 9.96. The smallest absolute Gasteiger partial charge is 0.295 e. The van der Waals surface area contributed by atoms with Gasteiger partial charge in [0.25, 0.3) is 23.0 Å². The van der Waals surface area contributed by atoms with E-state index in [9.17, 15) is 27.2 Å². The average molecular weight is 1060 g/mol. The Morgan fingerprint density at radius 3 is 1.42 bits per heavy atom. The highest BCUT2D eigenvalue weighted by Crippen LogP contribution is 2.44. The Morgan fingerprint density at radius 1 is 0.635 bits per heavy atom. The molecule has 2 saturated carbocycles. The Hall–Kier alpha value is -6.28. The second-order valence-corrected chi connectivity index (χ2v) is 21.6. The molecule has 4 fully saturated rings. The van der Waals surface area contributed by atoms with Gasteiger partial charge in [-0.05, 0) is 73.9 Å². The molecule has 16 nitrogen and oxygen atoms in total. The van der Waals surface area contributed by atoms with Crippen LogP contribution >= 0.6 is 23.2 Å². The van der Waals surface area contributed by atoms with Crippen molar-refractivity contribution in [3.63, 3.8) is 0 Å². The van der Waals surface area contributed by atoms with Crippen molar-refractivity contribution >= 4 is 91.3 Å². The molecule has 0 bridgehead atoms. The van der Waals surface area contributed by atoms with E-state index in [1.54, 1.807) is 33.0 Å². The molecule has 0 unspecified atom stereocenters. The molecule has 4 N–H and O–H groups in total. The molecule has 2 aromatic carbocycles. The number of aromatic nitrogens is 6. The Kier molecular flexibility index (Phi) is 13.1. The van der Waals surface area contributed by atoms with Crippen LogP contribution in [0.3, 0.4) is 0 Å². The van der Waals surface area contributed by atoms with Gasteiger partial charge in [0.1, 0.15) is 10.0 Å². The minimum atomic E-state index is -2.69. The van der Waals surface area contributed by atoms with Gasteiger partial charge in [0.15, 0.2) is 11.6 Å². The maximum absolute atomic E-state index is 14.0. The number of benzene rings is 2. The van der Waals surface area contributed by atoms with Gasteiger partial charge in [-0.3, -0.25) is 9.59 Å². The SMILES string of the molecule is C[C@@H]1CN(c2ncc(Cl)c(Nc3ccc4c(c3)c3c(c(=O)n4C)OCC[C@H](C4CC4)N3)n2)CCC1(F)F.C[C@H]1CN(c2ncc(Cl)c(Nc3ccc4c(c3)c3c(c(=O)n4C)OCC[C@H](C4CC4)N3)n2)CCC1(F)F. The van der Waals surface area contributed by atoms with Gasteiger partial charge >= 0.3 is 0 Å². The number of nitrogens with one attached hydrogen (secondary N) is 4. The summed E-state index contributed by atoms with van der Waals surface area (Å²) in [7, 11) is 3.47. The standard InChI is InChI=1S/2C26H29ClF2N6O2/c2*1-14-13-35(9-8-26(14,28)29)25-30-12-18(27)23(33-25)31-16-5-6-20-17(11-16)21-22(24(36)34(20)2)37-10-7-19(32-21)15-3-4-15/h2*5-6,11-12,14-15,19,32H,3-4,7-10,13H2,1-2H3,(H,30,31,33)/t14-,19+;14-,19-/m01/s1. The number of piperidine rings is 2. The van der Waals surface area contributed by atoms with Crippen molar-refractivity contribution in [3.8, 4) is 11.5 Å². The van der Waals surface area contributed by atoms with Gasteiger partial charge in [0.05, 0.1) is 48.0 Å². The molecule has 2 aliphatic carbocycles. The Bertz CT molecular complexity index is 3070. The summed E-state index contributed by atoms with van der Waals surface area (Å²) in [4.78, 5) is 47.3. The zero-order valence-corrected chi connectivity index (χ0v) is 43.0. The van der Waals surface area contributed by atoms with E-state index in [0.717, 1.165) is 34.6 Å². The number of aryl methyl sites for hydroxylation is 2. The van der Waals surface area contributed by atoms with Gasteiger partial charge in [0.2, 0.25) is 23.4 Å². The topological polar surface area (TPSA) is 169 Å². The molecule has 392 valence electrons. The van der Waals surface area contributed by atoms with Crippen LogP contribution in [0.1, 0.15) is 65.2 Å². The maximum atomic E-state index is 14.0. The van der Waals surface area contributed by atoms with Gasteiger partial charge in [-0.15, -0.1) is 0 Å². The second-order valence-electron chi connectivity index (χ2n) is 20.8. The van der Waals surface area contributed by atoms with Crippen LogP contribution in [0.15, 0.2) is 58.4 Å². The Labute approximate surface area is 434 Å².